The number of hydrogen-bond acceptors (Lipinski definition) is 6. The normalized spacial score (nSPS) is 10.2. The number of thiazole rings is 1. The molecule has 2 aromatic rings. The highest BCUT2D eigenvalue weighted by atomic mass is 32.1. The SMILES string of the molecule is COc1ccc(C(=O)Cc2csc(N)n2)cc1OC. The fourth-order valence-electron chi connectivity index (χ4n) is 1.68. The van der Waals surface area contributed by atoms with Crippen LogP contribution in [0.15, 0.2) is 23.6 Å². The Morgan fingerprint density at radius 2 is 2.05 bits per heavy atom. The van der Waals surface area contributed by atoms with Crippen LogP contribution in [0.4, 0.5) is 5.13 Å². The van der Waals surface area contributed by atoms with E-state index < -0.39 is 0 Å². The number of nitrogen functional groups attached to an aromatic ring is 1. The molecule has 0 aliphatic heterocycles. The topological polar surface area (TPSA) is 74.4 Å². The number of benzene rings is 1. The van der Waals surface area contributed by atoms with Crippen molar-refractivity contribution >= 4 is 22.3 Å². The van der Waals surface area contributed by atoms with Gasteiger partial charge in [-0.15, -0.1) is 11.3 Å². The van der Waals surface area contributed by atoms with Crippen LogP contribution in [-0.2, 0) is 6.42 Å². The van der Waals surface area contributed by atoms with Gasteiger partial charge in [-0.1, -0.05) is 0 Å². The van der Waals surface area contributed by atoms with Gasteiger partial charge in [0.05, 0.1) is 26.3 Å². The van der Waals surface area contributed by atoms with Crippen LogP contribution in [0.3, 0.4) is 0 Å². The van der Waals surface area contributed by atoms with Crippen LogP contribution < -0.4 is 15.2 Å². The number of carbonyl (C=O) groups is 1. The molecular formula is C13H14N2O3S. The Kier molecular flexibility index (Phi) is 4.01. The van der Waals surface area contributed by atoms with Crippen molar-refractivity contribution < 1.29 is 14.3 Å². The van der Waals surface area contributed by atoms with E-state index in [1.54, 1.807) is 30.7 Å². The lowest BCUT2D eigenvalue weighted by molar-refractivity contribution is 0.0992. The molecule has 1 aromatic carbocycles. The number of Topliss-reactive ketones (excluding diaryl/α,β-unsaturated/α-hetero) is 1. The summed E-state index contributed by atoms with van der Waals surface area (Å²) < 4.78 is 10.3. The number of ether oxygens (including phenoxy) is 2. The van der Waals surface area contributed by atoms with Gasteiger partial charge < -0.3 is 15.2 Å². The summed E-state index contributed by atoms with van der Waals surface area (Å²) >= 11 is 1.33. The second kappa shape index (κ2) is 5.71. The van der Waals surface area contributed by atoms with E-state index in [0.29, 0.717) is 27.9 Å². The maximum absolute atomic E-state index is 12.1. The molecule has 0 unspecified atom stereocenters. The zero-order chi connectivity index (χ0) is 13.8. The van der Waals surface area contributed by atoms with Gasteiger partial charge in [0.1, 0.15) is 0 Å². The van der Waals surface area contributed by atoms with Crippen molar-refractivity contribution in [3.05, 3.63) is 34.8 Å². The van der Waals surface area contributed by atoms with Crippen molar-refractivity contribution in [2.24, 2.45) is 0 Å². The number of carbonyl (C=O) groups excluding carboxylic acids is 1. The van der Waals surface area contributed by atoms with Crippen LogP contribution >= 0.6 is 11.3 Å². The van der Waals surface area contributed by atoms with Crippen molar-refractivity contribution in [3.63, 3.8) is 0 Å². The lowest BCUT2D eigenvalue weighted by Gasteiger charge is -2.08. The molecule has 1 heterocycles. The highest BCUT2D eigenvalue weighted by Gasteiger charge is 2.12. The molecule has 0 aliphatic carbocycles. The van der Waals surface area contributed by atoms with Crippen LogP contribution in [0.1, 0.15) is 16.1 Å². The Labute approximate surface area is 115 Å². The number of hydrogen-bond donors (Lipinski definition) is 1. The largest absolute Gasteiger partial charge is 0.493 e. The maximum atomic E-state index is 12.1. The highest BCUT2D eigenvalue weighted by molar-refractivity contribution is 7.13. The molecule has 0 saturated heterocycles. The summed E-state index contributed by atoms with van der Waals surface area (Å²) in [6.07, 6.45) is 0.225. The number of anilines is 1. The minimum Gasteiger partial charge on any atom is -0.493 e. The molecule has 1 aromatic heterocycles. The maximum Gasteiger partial charge on any atom is 0.180 e. The number of ketones is 1. The van der Waals surface area contributed by atoms with Gasteiger partial charge >= 0.3 is 0 Å². The van der Waals surface area contributed by atoms with Gasteiger partial charge in [-0.05, 0) is 18.2 Å². The predicted octanol–water partition coefficient (Wildman–Crippen LogP) is 2.17. The molecule has 100 valence electrons. The van der Waals surface area contributed by atoms with Gasteiger partial charge in [0.25, 0.3) is 0 Å². The first kappa shape index (κ1) is 13.4. The van der Waals surface area contributed by atoms with Crippen LogP contribution in [-0.4, -0.2) is 25.0 Å². The number of aromatic nitrogens is 1. The molecule has 0 amide bonds. The first-order valence-electron chi connectivity index (χ1n) is 5.59. The Morgan fingerprint density at radius 3 is 2.63 bits per heavy atom. The molecule has 19 heavy (non-hydrogen) atoms. The van der Waals surface area contributed by atoms with Crippen molar-refractivity contribution in [2.75, 3.05) is 20.0 Å². The second-order valence-corrected chi connectivity index (χ2v) is 4.74. The van der Waals surface area contributed by atoms with Gasteiger partial charge in [0.15, 0.2) is 22.4 Å². The Balaban J connectivity index is 2.19. The van der Waals surface area contributed by atoms with E-state index >= 15 is 0 Å². The van der Waals surface area contributed by atoms with Crippen molar-refractivity contribution in [1.29, 1.82) is 0 Å². The number of nitrogens with zero attached hydrogens (tertiary/aromatic N) is 1. The Morgan fingerprint density at radius 1 is 1.32 bits per heavy atom. The summed E-state index contributed by atoms with van der Waals surface area (Å²) in [4.78, 5) is 16.2. The smallest absolute Gasteiger partial charge is 0.180 e. The molecule has 0 fully saturated rings. The summed E-state index contributed by atoms with van der Waals surface area (Å²) in [5, 5.41) is 2.25. The number of rotatable bonds is 5. The predicted molar refractivity (Wildman–Crippen MR) is 74.1 cm³/mol. The summed E-state index contributed by atoms with van der Waals surface area (Å²) in [5.41, 5.74) is 6.78. The lowest BCUT2D eigenvalue weighted by atomic mass is 10.1. The van der Waals surface area contributed by atoms with Crippen LogP contribution in [0, 0.1) is 0 Å². The fourth-order valence-corrected chi connectivity index (χ4v) is 2.24. The standard InChI is InChI=1S/C13H14N2O3S/c1-17-11-4-3-8(5-12(11)18-2)10(16)6-9-7-19-13(14)15-9/h3-5,7H,6H2,1-2H3,(H2,14,15). The quantitative estimate of drug-likeness (QED) is 0.848. The van der Waals surface area contributed by atoms with E-state index in [1.807, 2.05) is 0 Å². The molecule has 2 rings (SSSR count). The van der Waals surface area contributed by atoms with Crippen molar-refractivity contribution in [1.82, 2.24) is 4.98 Å². The second-order valence-electron chi connectivity index (χ2n) is 3.85. The molecule has 2 N–H and O–H groups in total. The molecule has 0 atom stereocenters. The Bertz CT molecular complexity index is 595. The van der Waals surface area contributed by atoms with E-state index in [2.05, 4.69) is 4.98 Å². The van der Waals surface area contributed by atoms with E-state index in [1.165, 1.54) is 18.4 Å². The van der Waals surface area contributed by atoms with E-state index in [-0.39, 0.29) is 12.2 Å². The van der Waals surface area contributed by atoms with E-state index in [4.69, 9.17) is 15.2 Å². The molecule has 0 bridgehead atoms. The fraction of sp³-hybridized carbons (Fsp3) is 0.231. The molecule has 0 saturated carbocycles. The summed E-state index contributed by atoms with van der Waals surface area (Å²) in [6.45, 7) is 0. The summed E-state index contributed by atoms with van der Waals surface area (Å²) in [7, 11) is 3.09. The van der Waals surface area contributed by atoms with Crippen molar-refractivity contribution in [2.45, 2.75) is 6.42 Å². The molecule has 0 aliphatic rings. The molecule has 0 radical (unpaired) electrons. The first-order valence-corrected chi connectivity index (χ1v) is 6.47. The van der Waals surface area contributed by atoms with Crippen LogP contribution in [0.5, 0.6) is 11.5 Å². The van der Waals surface area contributed by atoms with Gasteiger partial charge in [-0.2, -0.15) is 0 Å². The van der Waals surface area contributed by atoms with E-state index in [9.17, 15) is 4.79 Å². The molecule has 6 heteroatoms. The molecule has 5 nitrogen and oxygen atoms in total. The van der Waals surface area contributed by atoms with Gasteiger partial charge in [0.2, 0.25) is 0 Å². The monoisotopic (exact) mass is 278 g/mol. The zero-order valence-electron chi connectivity index (χ0n) is 10.7. The average Bonchev–Trinajstić information content (AvgIpc) is 2.83. The van der Waals surface area contributed by atoms with Gasteiger partial charge in [-0.25, -0.2) is 4.98 Å². The van der Waals surface area contributed by atoms with E-state index in [0.717, 1.165) is 0 Å². The van der Waals surface area contributed by atoms with Crippen LogP contribution in [0.25, 0.3) is 0 Å². The average molecular weight is 278 g/mol. The number of methoxy groups -OCH3 is 2. The van der Waals surface area contributed by atoms with Gasteiger partial charge in [0, 0.05) is 10.9 Å². The third-order valence-corrected chi connectivity index (χ3v) is 3.34. The first-order chi connectivity index (χ1) is 9.13. The zero-order valence-corrected chi connectivity index (χ0v) is 11.5. The minimum atomic E-state index is -0.0359. The third kappa shape index (κ3) is 3.03. The summed E-state index contributed by atoms with van der Waals surface area (Å²) in [6, 6.07) is 5.08. The molecule has 0 spiro atoms. The molecular weight excluding hydrogens is 264 g/mol. The lowest BCUT2D eigenvalue weighted by Crippen LogP contribution is -2.05. The Hall–Kier alpha value is -2.08. The van der Waals surface area contributed by atoms with Gasteiger partial charge in [-0.3, -0.25) is 4.79 Å². The van der Waals surface area contributed by atoms with Crippen molar-refractivity contribution in [3.8, 4) is 11.5 Å². The number of nitrogens with two attached hydrogens (primary N) is 1. The van der Waals surface area contributed by atoms with Crippen LogP contribution in [0.2, 0.25) is 0 Å². The highest BCUT2D eigenvalue weighted by Crippen LogP contribution is 2.28. The minimum absolute atomic E-state index is 0.0359. The summed E-state index contributed by atoms with van der Waals surface area (Å²) in [5.74, 6) is 1.09. The third-order valence-electron chi connectivity index (χ3n) is 2.62.